The van der Waals surface area contributed by atoms with Gasteiger partial charge in [0.15, 0.2) is 18.1 Å². The van der Waals surface area contributed by atoms with Crippen LogP contribution in [0.25, 0.3) is 0 Å². The molecule has 1 aliphatic rings. The van der Waals surface area contributed by atoms with Crippen LogP contribution in [0.2, 0.25) is 5.02 Å². The van der Waals surface area contributed by atoms with Gasteiger partial charge < -0.3 is 24.8 Å². The van der Waals surface area contributed by atoms with E-state index in [1.54, 1.807) is 37.3 Å². The lowest BCUT2D eigenvalue weighted by molar-refractivity contribution is -0.146. The Hall–Kier alpha value is -3.26. The number of esters is 1. The minimum atomic E-state index is -0.739. The zero-order valence-electron chi connectivity index (χ0n) is 14.9. The van der Waals surface area contributed by atoms with E-state index in [1.165, 1.54) is 6.07 Å². The zero-order chi connectivity index (χ0) is 20.1. The Morgan fingerprint density at radius 1 is 1.11 bits per heavy atom. The first-order valence-corrected chi connectivity index (χ1v) is 8.69. The molecule has 1 heterocycles. The fourth-order valence-corrected chi connectivity index (χ4v) is 2.67. The molecular weight excluding hydrogens is 388 g/mol. The van der Waals surface area contributed by atoms with Gasteiger partial charge in [-0.1, -0.05) is 11.6 Å². The third-order valence-corrected chi connectivity index (χ3v) is 4.09. The fourth-order valence-electron chi connectivity index (χ4n) is 2.44. The number of ether oxygens (including phenoxy) is 3. The summed E-state index contributed by atoms with van der Waals surface area (Å²) < 4.78 is 15.2. The van der Waals surface area contributed by atoms with Gasteiger partial charge in [-0.05, 0) is 48.9 Å². The third-order valence-electron chi connectivity index (χ3n) is 3.85. The SMILES string of the molecule is Cc1cc(Cl)ccc1NC(=O)COC(=O)CNC(=O)c1ccc2c(c1)OCO2. The van der Waals surface area contributed by atoms with E-state index in [-0.39, 0.29) is 13.3 Å². The average molecular weight is 405 g/mol. The Balaban J connectivity index is 1.42. The largest absolute Gasteiger partial charge is 0.454 e. The molecule has 2 aromatic rings. The van der Waals surface area contributed by atoms with Gasteiger partial charge in [0.1, 0.15) is 6.54 Å². The Kier molecular flexibility index (Phi) is 6.00. The molecule has 8 nitrogen and oxygen atoms in total. The zero-order valence-corrected chi connectivity index (χ0v) is 15.7. The van der Waals surface area contributed by atoms with E-state index >= 15 is 0 Å². The third kappa shape index (κ3) is 4.92. The number of carbonyl (C=O) groups is 3. The molecule has 146 valence electrons. The van der Waals surface area contributed by atoms with E-state index in [0.717, 1.165) is 5.56 Å². The van der Waals surface area contributed by atoms with Crippen molar-refractivity contribution in [2.75, 3.05) is 25.3 Å². The van der Waals surface area contributed by atoms with Crippen LogP contribution in [0.1, 0.15) is 15.9 Å². The van der Waals surface area contributed by atoms with Crippen molar-refractivity contribution in [2.24, 2.45) is 0 Å². The summed E-state index contributed by atoms with van der Waals surface area (Å²) in [6, 6.07) is 9.68. The summed E-state index contributed by atoms with van der Waals surface area (Å²) in [6.07, 6.45) is 0. The Bertz CT molecular complexity index is 931. The van der Waals surface area contributed by atoms with Gasteiger partial charge in [-0.15, -0.1) is 0 Å². The number of hydrogen-bond donors (Lipinski definition) is 2. The number of halogens is 1. The smallest absolute Gasteiger partial charge is 0.325 e. The second-order valence-corrected chi connectivity index (χ2v) is 6.36. The normalized spacial score (nSPS) is 11.6. The summed E-state index contributed by atoms with van der Waals surface area (Å²) in [6.45, 7) is 1.05. The Morgan fingerprint density at radius 3 is 2.68 bits per heavy atom. The van der Waals surface area contributed by atoms with E-state index in [0.29, 0.717) is 27.8 Å². The molecule has 0 bridgehead atoms. The van der Waals surface area contributed by atoms with Crippen LogP contribution in [0.4, 0.5) is 5.69 Å². The van der Waals surface area contributed by atoms with Crippen LogP contribution in [0.15, 0.2) is 36.4 Å². The molecular formula is C19H17ClN2O6. The monoisotopic (exact) mass is 404 g/mol. The van der Waals surface area contributed by atoms with Crippen molar-refractivity contribution in [1.29, 1.82) is 0 Å². The number of hydrogen-bond acceptors (Lipinski definition) is 6. The first kappa shape index (κ1) is 19.5. The van der Waals surface area contributed by atoms with Crippen molar-refractivity contribution in [3.05, 3.63) is 52.5 Å². The molecule has 0 atom stereocenters. The number of carbonyl (C=O) groups excluding carboxylic acids is 3. The highest BCUT2D eigenvalue weighted by atomic mass is 35.5. The first-order chi connectivity index (χ1) is 13.4. The highest BCUT2D eigenvalue weighted by molar-refractivity contribution is 6.30. The molecule has 1 aliphatic heterocycles. The van der Waals surface area contributed by atoms with Crippen molar-refractivity contribution in [3.8, 4) is 11.5 Å². The molecule has 0 radical (unpaired) electrons. The van der Waals surface area contributed by atoms with Crippen LogP contribution < -0.4 is 20.1 Å². The van der Waals surface area contributed by atoms with Crippen molar-refractivity contribution in [2.45, 2.75) is 6.92 Å². The molecule has 0 saturated heterocycles. The lowest BCUT2D eigenvalue weighted by atomic mass is 10.2. The van der Waals surface area contributed by atoms with Crippen molar-refractivity contribution in [3.63, 3.8) is 0 Å². The summed E-state index contributed by atoms with van der Waals surface area (Å²) in [5.41, 5.74) is 1.66. The molecule has 0 spiro atoms. The summed E-state index contributed by atoms with van der Waals surface area (Å²) in [4.78, 5) is 35.7. The Labute approximate surface area is 165 Å². The van der Waals surface area contributed by atoms with Crippen molar-refractivity contribution in [1.82, 2.24) is 5.32 Å². The van der Waals surface area contributed by atoms with Crippen LogP contribution in [0.3, 0.4) is 0 Å². The van der Waals surface area contributed by atoms with Gasteiger partial charge in [0.2, 0.25) is 6.79 Å². The van der Waals surface area contributed by atoms with E-state index in [9.17, 15) is 14.4 Å². The van der Waals surface area contributed by atoms with E-state index in [2.05, 4.69) is 10.6 Å². The molecule has 2 N–H and O–H groups in total. The molecule has 2 amide bonds. The van der Waals surface area contributed by atoms with Gasteiger partial charge in [-0.3, -0.25) is 14.4 Å². The highest BCUT2D eigenvalue weighted by Gasteiger charge is 2.17. The second kappa shape index (κ2) is 8.62. The molecule has 28 heavy (non-hydrogen) atoms. The van der Waals surface area contributed by atoms with Crippen LogP contribution in [0, 0.1) is 6.92 Å². The van der Waals surface area contributed by atoms with E-state index < -0.39 is 24.4 Å². The molecule has 0 aromatic heterocycles. The first-order valence-electron chi connectivity index (χ1n) is 8.32. The standard InChI is InChI=1S/C19H17ClN2O6/c1-11-6-13(20)3-4-14(11)22-17(23)9-26-18(24)8-21-19(25)12-2-5-15-16(7-12)28-10-27-15/h2-7H,8-10H2,1H3,(H,21,25)(H,22,23). The van der Waals surface area contributed by atoms with E-state index in [4.69, 9.17) is 25.8 Å². The molecule has 0 saturated carbocycles. The van der Waals surface area contributed by atoms with Gasteiger partial charge >= 0.3 is 5.97 Å². The minimum absolute atomic E-state index is 0.102. The predicted octanol–water partition coefficient (Wildman–Crippen LogP) is 2.29. The molecule has 0 fully saturated rings. The second-order valence-electron chi connectivity index (χ2n) is 5.92. The van der Waals surface area contributed by atoms with Gasteiger partial charge in [0, 0.05) is 16.3 Å². The van der Waals surface area contributed by atoms with Gasteiger partial charge in [-0.2, -0.15) is 0 Å². The van der Waals surface area contributed by atoms with E-state index in [1.807, 2.05) is 0 Å². The molecule has 0 unspecified atom stereocenters. The fraction of sp³-hybridized carbons (Fsp3) is 0.211. The molecule has 9 heteroatoms. The van der Waals surface area contributed by atoms with Gasteiger partial charge in [-0.25, -0.2) is 0 Å². The summed E-state index contributed by atoms with van der Waals surface area (Å²) >= 11 is 5.86. The lowest BCUT2D eigenvalue weighted by Crippen LogP contribution is -2.32. The number of anilines is 1. The molecule has 0 aliphatic carbocycles. The van der Waals surface area contributed by atoms with Crippen LogP contribution >= 0.6 is 11.6 Å². The maximum absolute atomic E-state index is 12.1. The average Bonchev–Trinajstić information content (AvgIpc) is 3.14. The number of benzene rings is 2. The predicted molar refractivity (Wildman–Crippen MR) is 101 cm³/mol. The van der Waals surface area contributed by atoms with Gasteiger partial charge in [0.25, 0.3) is 11.8 Å². The topological polar surface area (TPSA) is 103 Å². The quantitative estimate of drug-likeness (QED) is 0.716. The number of aryl methyl sites for hydroxylation is 1. The summed E-state index contributed by atoms with van der Waals surface area (Å²) in [5, 5.41) is 5.60. The summed E-state index contributed by atoms with van der Waals surface area (Å²) in [5.74, 6) is -0.697. The highest BCUT2D eigenvalue weighted by Crippen LogP contribution is 2.32. The number of amides is 2. The maximum Gasteiger partial charge on any atom is 0.325 e. The maximum atomic E-state index is 12.1. The van der Waals surface area contributed by atoms with Crippen molar-refractivity contribution < 1.29 is 28.6 Å². The minimum Gasteiger partial charge on any atom is -0.454 e. The lowest BCUT2D eigenvalue weighted by Gasteiger charge is -2.10. The van der Waals surface area contributed by atoms with Crippen LogP contribution in [0.5, 0.6) is 11.5 Å². The Morgan fingerprint density at radius 2 is 1.89 bits per heavy atom. The number of fused-ring (bicyclic) bond motifs is 1. The summed E-state index contributed by atoms with van der Waals surface area (Å²) in [7, 11) is 0. The molecule has 2 aromatic carbocycles. The number of nitrogens with one attached hydrogen (secondary N) is 2. The van der Waals surface area contributed by atoms with Crippen LogP contribution in [-0.2, 0) is 14.3 Å². The van der Waals surface area contributed by atoms with Crippen molar-refractivity contribution >= 4 is 35.1 Å². The molecule has 3 rings (SSSR count). The van der Waals surface area contributed by atoms with Crippen LogP contribution in [-0.4, -0.2) is 37.7 Å². The van der Waals surface area contributed by atoms with Gasteiger partial charge in [0.05, 0.1) is 0 Å². The number of rotatable bonds is 6.